The first-order valence-electron chi connectivity index (χ1n) is 13.7. The molecule has 0 aliphatic carbocycles. The second-order valence-electron chi connectivity index (χ2n) is 11.1. The van der Waals surface area contributed by atoms with Crippen LogP contribution in [0.1, 0.15) is 48.3 Å². The number of hydrogen-bond donors (Lipinski definition) is 3. The zero-order valence-corrected chi connectivity index (χ0v) is 26.1. The number of aliphatic carboxylic acids is 1. The number of carboxylic acids is 1. The van der Waals surface area contributed by atoms with Gasteiger partial charge in [0.2, 0.25) is 10.0 Å². The van der Waals surface area contributed by atoms with Crippen molar-refractivity contribution in [3.05, 3.63) is 82.2 Å². The van der Waals surface area contributed by atoms with E-state index < -0.39 is 38.7 Å². The van der Waals surface area contributed by atoms with E-state index in [1.807, 2.05) is 32.0 Å². The van der Waals surface area contributed by atoms with E-state index in [2.05, 4.69) is 17.4 Å². The Morgan fingerprint density at radius 1 is 1.12 bits per heavy atom. The van der Waals surface area contributed by atoms with Crippen molar-refractivity contribution in [3.8, 4) is 10.4 Å². The third kappa shape index (κ3) is 10.0. The largest absolute Gasteiger partial charge is 0.478 e. The number of hydrogen-bond acceptors (Lipinski definition) is 6. The fourth-order valence-corrected chi connectivity index (χ4v) is 6.92. The van der Waals surface area contributed by atoms with Gasteiger partial charge in [0.15, 0.2) is 0 Å². The third-order valence-electron chi connectivity index (χ3n) is 6.93. The monoisotopic (exact) mass is 638 g/mol. The normalized spacial score (nSPS) is 13.6. The van der Waals surface area contributed by atoms with Crippen LogP contribution in [0.15, 0.2) is 65.6 Å². The number of nitrogens with zero attached hydrogens (tertiary/aromatic N) is 1. The van der Waals surface area contributed by atoms with Crippen molar-refractivity contribution in [2.24, 2.45) is 0 Å². The number of halogens is 3. The van der Waals surface area contributed by atoms with Crippen molar-refractivity contribution >= 4 is 33.4 Å². The number of carboxylic acid groups (broad SMARTS) is 1. The molecule has 0 unspecified atom stereocenters. The summed E-state index contributed by atoms with van der Waals surface area (Å²) < 4.78 is 69.2. The van der Waals surface area contributed by atoms with Crippen LogP contribution in [-0.4, -0.2) is 60.7 Å². The fourth-order valence-electron chi connectivity index (χ4n) is 4.57. The van der Waals surface area contributed by atoms with Gasteiger partial charge in [0.25, 0.3) is 0 Å². The molecular formula is C31H37F3N2O5S2. The summed E-state index contributed by atoms with van der Waals surface area (Å²) >= 11 is 1.05. The molecule has 12 heteroatoms. The maximum Gasteiger partial charge on any atom is 0.416 e. The van der Waals surface area contributed by atoms with Gasteiger partial charge in [-0.15, -0.1) is 11.3 Å². The van der Waals surface area contributed by atoms with Gasteiger partial charge >= 0.3 is 12.1 Å². The van der Waals surface area contributed by atoms with Crippen molar-refractivity contribution in [2.45, 2.75) is 62.7 Å². The molecule has 3 rings (SSSR count). The number of aliphatic hydroxyl groups is 1. The average molecular weight is 639 g/mol. The first kappa shape index (κ1) is 34.5. The van der Waals surface area contributed by atoms with Crippen LogP contribution in [0, 0.1) is 6.92 Å². The minimum absolute atomic E-state index is 0.0405. The van der Waals surface area contributed by atoms with Crippen LogP contribution in [0.3, 0.4) is 0 Å². The highest BCUT2D eigenvalue weighted by atomic mass is 32.2. The minimum Gasteiger partial charge on any atom is -0.478 e. The molecule has 0 aliphatic heterocycles. The van der Waals surface area contributed by atoms with E-state index in [1.165, 1.54) is 24.8 Å². The van der Waals surface area contributed by atoms with E-state index in [-0.39, 0.29) is 24.2 Å². The van der Waals surface area contributed by atoms with Gasteiger partial charge in [0, 0.05) is 41.5 Å². The van der Waals surface area contributed by atoms with Gasteiger partial charge in [-0.05, 0) is 87.1 Å². The second-order valence-corrected chi connectivity index (χ2v) is 14.2. The number of sulfonamides is 1. The molecule has 0 radical (unpaired) electrons. The Bertz CT molecular complexity index is 1530. The lowest BCUT2D eigenvalue weighted by atomic mass is 9.95. The lowest BCUT2D eigenvalue weighted by Gasteiger charge is -2.29. The first-order valence-corrected chi connectivity index (χ1v) is 15.9. The highest BCUT2D eigenvalue weighted by Crippen LogP contribution is 2.39. The number of rotatable bonds is 14. The molecule has 234 valence electrons. The molecule has 0 saturated heterocycles. The predicted molar refractivity (Wildman–Crippen MR) is 163 cm³/mol. The zero-order valence-electron chi connectivity index (χ0n) is 24.5. The summed E-state index contributed by atoms with van der Waals surface area (Å²) in [6, 6.07) is 14.3. The molecule has 0 fully saturated rings. The summed E-state index contributed by atoms with van der Waals surface area (Å²) in [5.41, 5.74) is 0.373. The molecule has 3 N–H and O–H groups in total. The van der Waals surface area contributed by atoms with Crippen LogP contribution in [0.5, 0.6) is 0 Å². The van der Waals surface area contributed by atoms with Crippen LogP contribution in [-0.2, 0) is 27.4 Å². The molecule has 43 heavy (non-hydrogen) atoms. The standard InChI is InChI=1S/C31H37F3N2O5S2/c1-21-15-26(12-13-28(38)39)42-29(21)23-16-24(31(32,33)34)18-27(17-23)43(40,41)36(4)20-25(37)19-35-30(2,3)14-8-11-22-9-6-5-7-10-22/h5-7,9-10,12-13,15-18,25,35,37H,8,11,14,19-20H2,1-4H3,(H,38,39)/t25-/m1/s1. The van der Waals surface area contributed by atoms with Crippen LogP contribution in [0.2, 0.25) is 0 Å². The van der Waals surface area contributed by atoms with E-state index in [9.17, 15) is 31.5 Å². The Morgan fingerprint density at radius 2 is 1.79 bits per heavy atom. The summed E-state index contributed by atoms with van der Waals surface area (Å²) in [6.07, 6.45) is -1.06. The van der Waals surface area contributed by atoms with Gasteiger partial charge in [-0.2, -0.15) is 17.5 Å². The molecule has 1 atom stereocenters. The van der Waals surface area contributed by atoms with Gasteiger partial charge < -0.3 is 15.5 Å². The third-order valence-corrected chi connectivity index (χ3v) is 9.98. The molecule has 1 aromatic heterocycles. The van der Waals surface area contributed by atoms with Crippen LogP contribution < -0.4 is 5.32 Å². The van der Waals surface area contributed by atoms with E-state index >= 15 is 0 Å². The second kappa shape index (κ2) is 14.2. The SMILES string of the molecule is Cc1cc(C=CC(=O)O)sc1-c1cc(C(F)(F)F)cc(S(=O)(=O)N(C)C[C@H](O)CNC(C)(C)CCCc2ccccc2)c1. The summed E-state index contributed by atoms with van der Waals surface area (Å²) in [5.74, 6) is -1.17. The smallest absolute Gasteiger partial charge is 0.416 e. The van der Waals surface area contributed by atoms with Crippen molar-refractivity contribution in [1.82, 2.24) is 9.62 Å². The van der Waals surface area contributed by atoms with Crippen molar-refractivity contribution in [1.29, 1.82) is 0 Å². The average Bonchev–Trinajstić information content (AvgIpc) is 3.31. The Kier molecular flexibility index (Phi) is 11.4. The summed E-state index contributed by atoms with van der Waals surface area (Å²) in [6.45, 7) is 5.39. The molecule has 0 saturated carbocycles. The topological polar surface area (TPSA) is 107 Å². The van der Waals surface area contributed by atoms with E-state index in [0.29, 0.717) is 21.4 Å². The Balaban J connectivity index is 1.74. The maximum absolute atomic E-state index is 13.8. The first-order chi connectivity index (χ1) is 20.0. The molecule has 3 aromatic rings. The lowest BCUT2D eigenvalue weighted by molar-refractivity contribution is -0.137. The highest BCUT2D eigenvalue weighted by Gasteiger charge is 2.34. The van der Waals surface area contributed by atoms with Gasteiger partial charge in [0.05, 0.1) is 16.6 Å². The predicted octanol–water partition coefficient (Wildman–Crippen LogP) is 6.21. The lowest BCUT2D eigenvalue weighted by Crippen LogP contribution is -2.46. The number of nitrogens with one attached hydrogen (secondary N) is 1. The molecule has 0 spiro atoms. The summed E-state index contributed by atoms with van der Waals surface area (Å²) in [7, 11) is -3.20. The minimum atomic E-state index is -4.81. The number of alkyl halides is 3. The maximum atomic E-state index is 13.8. The molecule has 0 amide bonds. The molecular weight excluding hydrogens is 601 g/mol. The molecule has 2 aromatic carbocycles. The summed E-state index contributed by atoms with van der Waals surface area (Å²) in [5, 5.41) is 22.8. The fraction of sp³-hybridized carbons (Fsp3) is 0.387. The van der Waals surface area contributed by atoms with Gasteiger partial charge in [-0.3, -0.25) is 0 Å². The number of carbonyl (C=O) groups is 1. The Labute approximate surface area is 254 Å². The van der Waals surface area contributed by atoms with Crippen molar-refractivity contribution in [2.75, 3.05) is 20.1 Å². The number of thiophene rings is 1. The van der Waals surface area contributed by atoms with Crippen molar-refractivity contribution in [3.63, 3.8) is 0 Å². The van der Waals surface area contributed by atoms with Gasteiger partial charge in [0.1, 0.15) is 0 Å². The van der Waals surface area contributed by atoms with E-state index in [1.54, 1.807) is 13.0 Å². The van der Waals surface area contributed by atoms with Crippen LogP contribution in [0.4, 0.5) is 13.2 Å². The Morgan fingerprint density at radius 3 is 2.42 bits per heavy atom. The van der Waals surface area contributed by atoms with Crippen LogP contribution in [0.25, 0.3) is 16.5 Å². The zero-order chi connectivity index (χ0) is 32.0. The van der Waals surface area contributed by atoms with Gasteiger partial charge in [-0.25, -0.2) is 13.2 Å². The number of aliphatic hydroxyl groups excluding tert-OH is 1. The summed E-state index contributed by atoms with van der Waals surface area (Å²) in [4.78, 5) is 11.2. The van der Waals surface area contributed by atoms with Crippen molar-refractivity contribution < 1.29 is 36.6 Å². The van der Waals surface area contributed by atoms with Gasteiger partial charge in [-0.1, -0.05) is 30.3 Å². The molecule has 7 nitrogen and oxygen atoms in total. The number of benzene rings is 2. The molecule has 1 heterocycles. The quantitative estimate of drug-likeness (QED) is 0.181. The number of β-amino-alcohol motifs (C(OH)–C–C–N with tert-alkyl or cyclic N) is 1. The molecule has 0 aliphatic rings. The van der Waals surface area contributed by atoms with E-state index in [4.69, 9.17) is 5.11 Å². The number of likely N-dealkylation sites (N-methyl/N-ethyl adjacent to an activating group) is 1. The highest BCUT2D eigenvalue weighted by molar-refractivity contribution is 7.89. The van der Waals surface area contributed by atoms with E-state index in [0.717, 1.165) is 47.0 Å². The molecule has 0 bridgehead atoms. The Hall–Kier alpha value is -3.03. The number of aryl methyl sites for hydroxylation is 2. The van der Waals surface area contributed by atoms with Crippen LogP contribution >= 0.6 is 11.3 Å².